The predicted molar refractivity (Wildman–Crippen MR) is 124 cm³/mol. The Balaban J connectivity index is 1.69. The number of nitrogens with zero attached hydrogens (tertiary/aromatic N) is 4. The van der Waals surface area contributed by atoms with E-state index in [1.165, 1.54) is 0 Å². The first-order valence-electron chi connectivity index (χ1n) is 11.9. The maximum atomic E-state index is 14.5. The van der Waals surface area contributed by atoms with Gasteiger partial charge in [-0.2, -0.15) is 0 Å². The Kier molecular flexibility index (Phi) is 4.43. The van der Waals surface area contributed by atoms with Crippen LogP contribution in [-0.2, 0) is 6.50 Å². The number of rotatable bonds is 4. The molecule has 1 aliphatic carbocycles. The average Bonchev–Trinajstić information content (AvgIpc) is 3.33. The molecule has 0 aromatic carbocycles. The first-order chi connectivity index (χ1) is 16.1. The summed E-state index contributed by atoms with van der Waals surface area (Å²) in [6.45, 7) is 3.60. The molecule has 0 saturated heterocycles. The largest absolute Gasteiger partial charge is 0.384 e. The molecule has 1 fully saturated rings. The van der Waals surface area contributed by atoms with E-state index in [4.69, 9.17) is 18.0 Å². The van der Waals surface area contributed by atoms with Crippen LogP contribution in [0.1, 0.15) is 46.8 Å². The summed E-state index contributed by atoms with van der Waals surface area (Å²) in [6, 6.07) is 5.51. The van der Waals surface area contributed by atoms with Crippen molar-refractivity contribution in [1.82, 2.24) is 19.7 Å². The minimum absolute atomic E-state index is 0.313. The highest BCUT2D eigenvalue weighted by atomic mass is 19.1. The topological polar surface area (TPSA) is 82.8 Å². The van der Waals surface area contributed by atoms with E-state index in [-0.39, 0.29) is 5.92 Å². The number of aromatic nitrogens is 4. The summed E-state index contributed by atoms with van der Waals surface area (Å²) in [6.07, 6.45) is 6.90. The van der Waals surface area contributed by atoms with Crippen LogP contribution in [0.5, 0.6) is 0 Å². The minimum Gasteiger partial charge on any atom is -0.384 e. The van der Waals surface area contributed by atoms with Crippen LogP contribution < -0.4 is 5.73 Å². The van der Waals surface area contributed by atoms with Gasteiger partial charge in [-0.05, 0) is 70.6 Å². The predicted octanol–water partition coefficient (Wildman–Crippen LogP) is 5.87. The highest BCUT2D eigenvalue weighted by Crippen LogP contribution is 2.38. The molecule has 7 heteroatoms. The van der Waals surface area contributed by atoms with Crippen LogP contribution in [0.15, 0.2) is 41.3 Å². The third kappa shape index (κ3) is 3.76. The standard InChI is InChI=1S/C25H28FN5O/c1-15-23(16(2)32-30-15)19-10-21-24(29-12-19)20(18-4-5-22(27)28-11-18)14-31(21)13-17-6-8-25(3,26)9-7-17/h4-5,10-12,14,17H,6-9,13H2,1-3H3,(H2,27,28)/i13D2. The number of anilines is 1. The van der Waals surface area contributed by atoms with E-state index in [9.17, 15) is 4.39 Å². The van der Waals surface area contributed by atoms with Gasteiger partial charge in [0, 0.05) is 47.3 Å². The molecule has 32 heavy (non-hydrogen) atoms. The molecule has 4 aromatic rings. The molecule has 6 nitrogen and oxygen atoms in total. The Hall–Kier alpha value is -3.22. The Morgan fingerprint density at radius 1 is 1.22 bits per heavy atom. The summed E-state index contributed by atoms with van der Waals surface area (Å²) in [4.78, 5) is 8.95. The summed E-state index contributed by atoms with van der Waals surface area (Å²) >= 11 is 0. The van der Waals surface area contributed by atoms with Crippen molar-refractivity contribution in [2.75, 3.05) is 5.73 Å². The second-order valence-corrected chi connectivity index (χ2v) is 8.99. The number of halogens is 1. The zero-order chi connectivity index (χ0) is 24.3. The third-order valence-corrected chi connectivity index (χ3v) is 6.41. The number of hydrogen-bond donors (Lipinski definition) is 1. The lowest BCUT2D eigenvalue weighted by molar-refractivity contribution is 0.0985. The summed E-state index contributed by atoms with van der Waals surface area (Å²) < 4.78 is 39.7. The van der Waals surface area contributed by atoms with Gasteiger partial charge in [0.25, 0.3) is 0 Å². The van der Waals surface area contributed by atoms with E-state index in [0.29, 0.717) is 48.3 Å². The smallest absolute Gasteiger partial charge is 0.141 e. The lowest BCUT2D eigenvalue weighted by Gasteiger charge is -2.31. The van der Waals surface area contributed by atoms with Gasteiger partial charge in [0.05, 0.1) is 19.5 Å². The molecule has 0 bridgehead atoms. The Labute approximate surface area is 189 Å². The molecule has 1 aliphatic rings. The van der Waals surface area contributed by atoms with E-state index >= 15 is 0 Å². The van der Waals surface area contributed by atoms with Crippen LogP contribution in [0.3, 0.4) is 0 Å². The van der Waals surface area contributed by atoms with Crippen molar-refractivity contribution in [2.24, 2.45) is 5.92 Å². The number of fused-ring (bicyclic) bond motifs is 1. The van der Waals surface area contributed by atoms with Crippen molar-refractivity contribution in [3.63, 3.8) is 0 Å². The molecule has 2 N–H and O–H groups in total. The summed E-state index contributed by atoms with van der Waals surface area (Å²) in [5.41, 5.74) is 9.83. The van der Waals surface area contributed by atoms with Gasteiger partial charge in [0.1, 0.15) is 17.2 Å². The van der Waals surface area contributed by atoms with Crippen molar-refractivity contribution in [2.45, 2.75) is 58.6 Å². The van der Waals surface area contributed by atoms with Crippen LogP contribution in [-0.4, -0.2) is 25.4 Å². The van der Waals surface area contributed by atoms with Crippen molar-refractivity contribution in [1.29, 1.82) is 0 Å². The molecule has 0 radical (unpaired) electrons. The summed E-state index contributed by atoms with van der Waals surface area (Å²) in [5, 5.41) is 4.05. The van der Waals surface area contributed by atoms with Crippen molar-refractivity contribution in [3.05, 3.63) is 48.2 Å². The third-order valence-electron chi connectivity index (χ3n) is 6.41. The van der Waals surface area contributed by atoms with E-state index < -0.39 is 12.2 Å². The van der Waals surface area contributed by atoms with Crippen molar-refractivity contribution < 1.29 is 11.7 Å². The molecular weight excluding hydrogens is 405 g/mol. The average molecular weight is 436 g/mol. The Morgan fingerprint density at radius 2 is 1.97 bits per heavy atom. The van der Waals surface area contributed by atoms with Gasteiger partial charge < -0.3 is 14.8 Å². The highest BCUT2D eigenvalue weighted by Gasteiger charge is 2.31. The van der Waals surface area contributed by atoms with E-state index in [1.54, 1.807) is 36.1 Å². The summed E-state index contributed by atoms with van der Waals surface area (Å²) in [5.74, 6) is 0.775. The van der Waals surface area contributed by atoms with Crippen LogP contribution in [0.25, 0.3) is 33.3 Å². The van der Waals surface area contributed by atoms with E-state index in [0.717, 1.165) is 27.9 Å². The zero-order valence-electron chi connectivity index (χ0n) is 20.5. The molecule has 0 aliphatic heterocycles. The van der Waals surface area contributed by atoms with Gasteiger partial charge in [-0.3, -0.25) is 4.98 Å². The molecule has 5 rings (SSSR count). The first-order valence-corrected chi connectivity index (χ1v) is 10.9. The SMILES string of the molecule is [2H]C([2H])(C1CCC(C)(F)CC1)n1cc(-c2ccc(N)nc2)c2ncc(-c3c(C)noc3C)cc21. The molecule has 0 atom stereocenters. The van der Waals surface area contributed by atoms with Crippen LogP contribution >= 0.6 is 0 Å². The van der Waals surface area contributed by atoms with Crippen molar-refractivity contribution in [3.8, 4) is 22.3 Å². The molecular formula is C25H28FN5O. The number of aryl methyl sites for hydroxylation is 2. The maximum absolute atomic E-state index is 14.5. The van der Waals surface area contributed by atoms with Crippen LogP contribution in [0.4, 0.5) is 10.2 Å². The van der Waals surface area contributed by atoms with Gasteiger partial charge in [-0.1, -0.05) is 5.16 Å². The first kappa shape index (κ1) is 18.4. The Morgan fingerprint density at radius 3 is 2.62 bits per heavy atom. The Bertz CT molecular complexity index is 1330. The second kappa shape index (κ2) is 7.73. The van der Waals surface area contributed by atoms with Gasteiger partial charge >= 0.3 is 0 Å². The van der Waals surface area contributed by atoms with E-state index in [1.807, 2.05) is 26.0 Å². The number of pyridine rings is 2. The molecule has 1 saturated carbocycles. The fourth-order valence-electron chi connectivity index (χ4n) is 4.56. The number of nitrogens with two attached hydrogens (primary N) is 1. The van der Waals surface area contributed by atoms with Gasteiger partial charge in [0.2, 0.25) is 0 Å². The molecule has 166 valence electrons. The number of nitrogen functional groups attached to an aromatic ring is 1. The zero-order valence-corrected chi connectivity index (χ0v) is 18.5. The lowest BCUT2D eigenvalue weighted by Crippen LogP contribution is -2.27. The lowest BCUT2D eigenvalue weighted by atomic mass is 9.81. The van der Waals surface area contributed by atoms with Gasteiger partial charge in [0.15, 0.2) is 0 Å². The monoisotopic (exact) mass is 435 g/mol. The molecule has 4 heterocycles. The highest BCUT2D eigenvalue weighted by molar-refractivity contribution is 5.95. The van der Waals surface area contributed by atoms with Crippen molar-refractivity contribution >= 4 is 16.9 Å². The van der Waals surface area contributed by atoms with Gasteiger partial charge in [-0.15, -0.1) is 0 Å². The number of alkyl halides is 1. The normalized spacial score (nSPS) is 22.7. The van der Waals surface area contributed by atoms with Crippen LogP contribution in [0, 0.1) is 19.8 Å². The molecule has 0 amide bonds. The fraction of sp³-hybridized carbons (Fsp3) is 0.400. The van der Waals surface area contributed by atoms with Crippen LogP contribution in [0.2, 0.25) is 0 Å². The fourth-order valence-corrected chi connectivity index (χ4v) is 4.56. The maximum Gasteiger partial charge on any atom is 0.141 e. The summed E-state index contributed by atoms with van der Waals surface area (Å²) in [7, 11) is 0. The minimum atomic E-state index is -1.73. The molecule has 4 aromatic heterocycles. The number of hydrogen-bond acceptors (Lipinski definition) is 5. The van der Waals surface area contributed by atoms with Gasteiger partial charge in [-0.25, -0.2) is 9.37 Å². The molecule has 0 spiro atoms. The van der Waals surface area contributed by atoms with E-state index in [2.05, 4.69) is 10.1 Å². The quantitative estimate of drug-likeness (QED) is 0.433. The second-order valence-electron chi connectivity index (χ2n) is 8.99. The molecule has 0 unspecified atom stereocenters.